The predicted octanol–water partition coefficient (Wildman–Crippen LogP) is 3.56. The summed E-state index contributed by atoms with van der Waals surface area (Å²) < 4.78 is 0. The van der Waals surface area contributed by atoms with E-state index in [-0.39, 0.29) is 35.0 Å². The highest BCUT2D eigenvalue weighted by atomic mass is 32.1. The van der Waals surface area contributed by atoms with E-state index in [4.69, 9.17) is 5.73 Å². The number of rotatable bonds is 8. The summed E-state index contributed by atoms with van der Waals surface area (Å²) in [4.78, 5) is 35.5. The number of carbonyl (C=O) groups excluding carboxylic acids is 3. The standard InChI is InChI=1S/C20H21N5O4S/c1-12(26)18(25-24-16-7-2-4-13(10-16)19(21)28)20(29)23-15-6-3-5-14(11-15)22-17(27)8-9-30/h2-7,10-11,26,30H,8-9H2,1H3,(H2,21,28)(H,22,27)(H,23,29). The van der Waals surface area contributed by atoms with Gasteiger partial charge in [0.2, 0.25) is 11.8 Å². The zero-order valence-corrected chi connectivity index (χ0v) is 17.0. The molecule has 0 aliphatic carbocycles. The molecule has 0 bridgehead atoms. The summed E-state index contributed by atoms with van der Waals surface area (Å²) in [5.74, 6) is -1.46. The summed E-state index contributed by atoms with van der Waals surface area (Å²) in [5, 5.41) is 22.8. The number of nitrogens with zero attached hydrogens (tertiary/aromatic N) is 2. The van der Waals surface area contributed by atoms with Gasteiger partial charge in [-0.3, -0.25) is 14.4 Å². The molecule has 0 aliphatic rings. The number of nitrogens with one attached hydrogen (secondary N) is 2. The van der Waals surface area contributed by atoms with Crippen LogP contribution >= 0.6 is 12.6 Å². The maximum Gasteiger partial charge on any atom is 0.279 e. The quantitative estimate of drug-likeness (QED) is 0.190. The molecule has 0 saturated heterocycles. The van der Waals surface area contributed by atoms with Crippen LogP contribution < -0.4 is 16.4 Å². The first-order valence-corrected chi connectivity index (χ1v) is 9.47. The lowest BCUT2D eigenvalue weighted by Gasteiger charge is -2.09. The molecule has 2 rings (SSSR count). The fourth-order valence-corrected chi connectivity index (χ4v) is 2.50. The van der Waals surface area contributed by atoms with Crippen LogP contribution in [0, 0.1) is 0 Å². The van der Waals surface area contributed by atoms with Crippen LogP contribution in [0.25, 0.3) is 0 Å². The van der Waals surface area contributed by atoms with E-state index in [1.54, 1.807) is 36.4 Å². The van der Waals surface area contributed by atoms with Crippen LogP contribution in [0.5, 0.6) is 0 Å². The Labute approximate surface area is 178 Å². The van der Waals surface area contributed by atoms with Gasteiger partial charge < -0.3 is 21.5 Å². The number of aliphatic hydroxyl groups excluding tert-OH is 1. The number of carbonyl (C=O) groups is 3. The van der Waals surface area contributed by atoms with Gasteiger partial charge in [0, 0.05) is 23.4 Å². The maximum atomic E-state index is 12.5. The molecule has 0 aliphatic heterocycles. The Morgan fingerprint density at radius 2 is 1.73 bits per heavy atom. The second kappa shape index (κ2) is 10.8. The Balaban J connectivity index is 2.15. The van der Waals surface area contributed by atoms with E-state index in [1.165, 1.54) is 19.1 Å². The van der Waals surface area contributed by atoms with Gasteiger partial charge in [0.25, 0.3) is 5.91 Å². The van der Waals surface area contributed by atoms with Crippen LogP contribution in [0.1, 0.15) is 23.7 Å². The highest BCUT2D eigenvalue weighted by molar-refractivity contribution is 7.80. The minimum Gasteiger partial charge on any atom is -0.510 e. The van der Waals surface area contributed by atoms with Gasteiger partial charge in [-0.1, -0.05) is 12.1 Å². The van der Waals surface area contributed by atoms with Crippen molar-refractivity contribution in [2.45, 2.75) is 13.3 Å². The van der Waals surface area contributed by atoms with Crippen molar-refractivity contribution < 1.29 is 19.5 Å². The molecule has 2 aromatic carbocycles. The molecule has 0 radical (unpaired) electrons. The minimum absolute atomic E-state index is 0.202. The van der Waals surface area contributed by atoms with Gasteiger partial charge in [0.15, 0.2) is 5.70 Å². The summed E-state index contributed by atoms with van der Waals surface area (Å²) >= 11 is 4.01. The Hall–Kier alpha value is -3.66. The van der Waals surface area contributed by atoms with Gasteiger partial charge in [-0.2, -0.15) is 17.7 Å². The lowest BCUT2D eigenvalue weighted by Crippen LogP contribution is -2.15. The van der Waals surface area contributed by atoms with Gasteiger partial charge in [-0.15, -0.1) is 5.11 Å². The fourth-order valence-electron chi connectivity index (χ4n) is 2.30. The van der Waals surface area contributed by atoms with Crippen LogP contribution in [-0.2, 0) is 9.59 Å². The smallest absolute Gasteiger partial charge is 0.279 e. The predicted molar refractivity (Wildman–Crippen MR) is 117 cm³/mol. The van der Waals surface area contributed by atoms with Crippen molar-refractivity contribution in [1.29, 1.82) is 0 Å². The molecule has 30 heavy (non-hydrogen) atoms. The van der Waals surface area contributed by atoms with E-state index in [1.807, 2.05) is 0 Å². The molecule has 0 aromatic heterocycles. The highest BCUT2D eigenvalue weighted by Gasteiger charge is 2.14. The maximum absolute atomic E-state index is 12.5. The average Bonchev–Trinajstić information content (AvgIpc) is 2.68. The van der Waals surface area contributed by atoms with Crippen LogP contribution in [0.15, 0.2) is 70.2 Å². The lowest BCUT2D eigenvalue weighted by molar-refractivity contribution is -0.116. The second-order valence-corrected chi connectivity index (χ2v) is 6.55. The zero-order chi connectivity index (χ0) is 22.1. The molecule has 0 unspecified atom stereocenters. The Morgan fingerprint density at radius 3 is 2.37 bits per heavy atom. The summed E-state index contributed by atoms with van der Waals surface area (Å²) in [5.41, 5.74) is 6.31. The summed E-state index contributed by atoms with van der Waals surface area (Å²) in [6, 6.07) is 12.6. The number of anilines is 2. The number of allylic oxidation sites excluding steroid dienone is 1. The van der Waals surface area contributed by atoms with Gasteiger partial charge in [-0.05, 0) is 49.1 Å². The number of thiol groups is 1. The number of hydrogen-bond donors (Lipinski definition) is 5. The first kappa shape index (κ1) is 22.6. The van der Waals surface area contributed by atoms with Crippen molar-refractivity contribution in [2.24, 2.45) is 16.0 Å². The van der Waals surface area contributed by atoms with Gasteiger partial charge in [0.05, 0.1) is 5.69 Å². The molecule has 10 heteroatoms. The Bertz CT molecular complexity index is 1020. The van der Waals surface area contributed by atoms with Crippen molar-refractivity contribution in [1.82, 2.24) is 0 Å². The number of primary amides is 1. The molecule has 0 atom stereocenters. The molecule has 0 spiro atoms. The van der Waals surface area contributed by atoms with E-state index in [0.717, 1.165) is 0 Å². The van der Waals surface area contributed by atoms with Gasteiger partial charge in [-0.25, -0.2) is 0 Å². The third kappa shape index (κ3) is 6.74. The molecular weight excluding hydrogens is 406 g/mol. The van der Waals surface area contributed by atoms with E-state index >= 15 is 0 Å². The van der Waals surface area contributed by atoms with E-state index in [2.05, 4.69) is 33.5 Å². The average molecular weight is 427 g/mol. The van der Waals surface area contributed by atoms with Crippen LogP contribution in [0.3, 0.4) is 0 Å². The van der Waals surface area contributed by atoms with Crippen LogP contribution in [0.2, 0.25) is 0 Å². The molecular formula is C20H21N5O4S. The molecule has 0 fully saturated rings. The van der Waals surface area contributed by atoms with Crippen molar-refractivity contribution in [2.75, 3.05) is 16.4 Å². The molecule has 156 valence electrons. The largest absolute Gasteiger partial charge is 0.510 e. The van der Waals surface area contributed by atoms with Crippen molar-refractivity contribution in [3.8, 4) is 0 Å². The van der Waals surface area contributed by atoms with Gasteiger partial charge in [0.1, 0.15) is 5.76 Å². The molecule has 3 amide bonds. The van der Waals surface area contributed by atoms with Crippen molar-refractivity contribution in [3.05, 3.63) is 65.6 Å². The van der Waals surface area contributed by atoms with Crippen molar-refractivity contribution >= 4 is 47.4 Å². The zero-order valence-electron chi connectivity index (χ0n) is 16.1. The molecule has 9 nitrogen and oxygen atoms in total. The number of aliphatic hydroxyl groups is 1. The highest BCUT2D eigenvalue weighted by Crippen LogP contribution is 2.19. The van der Waals surface area contributed by atoms with E-state index < -0.39 is 11.8 Å². The third-order valence-electron chi connectivity index (χ3n) is 3.70. The topological polar surface area (TPSA) is 146 Å². The fraction of sp³-hybridized carbons (Fsp3) is 0.150. The Morgan fingerprint density at radius 1 is 1.07 bits per heavy atom. The second-order valence-electron chi connectivity index (χ2n) is 6.11. The summed E-state index contributed by atoms with van der Waals surface area (Å²) in [6.45, 7) is 1.29. The number of azo groups is 1. The molecule has 0 heterocycles. The Kier molecular flexibility index (Phi) is 8.12. The minimum atomic E-state index is -0.705. The van der Waals surface area contributed by atoms with Crippen LogP contribution in [-0.4, -0.2) is 28.6 Å². The summed E-state index contributed by atoms with van der Waals surface area (Å²) in [7, 11) is 0. The third-order valence-corrected chi connectivity index (χ3v) is 3.92. The number of benzene rings is 2. The van der Waals surface area contributed by atoms with E-state index in [9.17, 15) is 19.5 Å². The van der Waals surface area contributed by atoms with Crippen molar-refractivity contribution in [3.63, 3.8) is 0 Å². The number of amides is 3. The van der Waals surface area contributed by atoms with Gasteiger partial charge >= 0.3 is 0 Å². The summed E-state index contributed by atoms with van der Waals surface area (Å²) in [6.07, 6.45) is 0.258. The number of hydrogen-bond acceptors (Lipinski definition) is 7. The molecule has 5 N–H and O–H groups in total. The number of nitrogens with two attached hydrogens (primary N) is 1. The molecule has 0 saturated carbocycles. The van der Waals surface area contributed by atoms with E-state index in [0.29, 0.717) is 17.1 Å². The lowest BCUT2D eigenvalue weighted by atomic mass is 10.2. The monoisotopic (exact) mass is 427 g/mol. The first-order chi connectivity index (χ1) is 14.3. The van der Waals surface area contributed by atoms with Crippen LogP contribution in [0.4, 0.5) is 17.1 Å². The first-order valence-electron chi connectivity index (χ1n) is 8.83. The SMILES string of the molecule is CC(O)=C(N=Nc1cccc(C(N)=O)c1)C(=O)Nc1cccc(NC(=O)CCS)c1. The normalized spacial score (nSPS) is 11.7. The molecule has 2 aromatic rings.